The Labute approximate surface area is 153 Å². The second-order valence-electron chi connectivity index (χ2n) is 6.80. The molecule has 4 rings (SSSR count). The van der Waals surface area contributed by atoms with Crippen LogP contribution in [0.15, 0.2) is 48.7 Å². The zero-order valence-electron chi connectivity index (χ0n) is 14.9. The minimum absolute atomic E-state index is 0.0572. The number of benzene rings is 1. The zero-order chi connectivity index (χ0) is 17.9. The van der Waals surface area contributed by atoms with Gasteiger partial charge in [0, 0.05) is 32.4 Å². The van der Waals surface area contributed by atoms with Gasteiger partial charge < -0.3 is 14.4 Å². The van der Waals surface area contributed by atoms with E-state index in [1.54, 1.807) is 7.11 Å². The Bertz CT molecular complexity index is 751. The summed E-state index contributed by atoms with van der Waals surface area (Å²) in [5.41, 5.74) is 2.14. The van der Waals surface area contributed by atoms with Crippen molar-refractivity contribution in [3.8, 4) is 5.75 Å². The van der Waals surface area contributed by atoms with Gasteiger partial charge in [-0.15, -0.1) is 0 Å². The first-order valence-corrected chi connectivity index (χ1v) is 8.89. The number of aromatic nitrogens is 1. The number of carbonyl (C=O) groups is 1. The predicted octanol–water partition coefficient (Wildman–Crippen LogP) is 1.70. The molecule has 2 aliphatic rings. The Morgan fingerprint density at radius 2 is 2.00 bits per heavy atom. The highest BCUT2D eigenvalue weighted by molar-refractivity contribution is 5.78. The van der Waals surface area contributed by atoms with E-state index in [-0.39, 0.29) is 24.7 Å². The Balaban J connectivity index is 1.45. The van der Waals surface area contributed by atoms with Crippen molar-refractivity contribution in [1.29, 1.82) is 0 Å². The quantitative estimate of drug-likeness (QED) is 0.819. The first kappa shape index (κ1) is 17.0. The fourth-order valence-electron chi connectivity index (χ4n) is 3.72. The number of nitrogens with zero attached hydrogens (tertiary/aromatic N) is 3. The van der Waals surface area contributed by atoms with E-state index < -0.39 is 0 Å². The van der Waals surface area contributed by atoms with Crippen LogP contribution in [0.3, 0.4) is 0 Å². The number of hydrogen-bond acceptors (Lipinski definition) is 5. The minimum Gasteiger partial charge on any atom is -0.497 e. The van der Waals surface area contributed by atoms with Crippen molar-refractivity contribution >= 4 is 5.91 Å². The summed E-state index contributed by atoms with van der Waals surface area (Å²) in [6, 6.07) is 13.9. The van der Waals surface area contributed by atoms with E-state index in [4.69, 9.17) is 9.47 Å². The molecule has 2 atom stereocenters. The van der Waals surface area contributed by atoms with Gasteiger partial charge in [0.25, 0.3) is 0 Å². The Hall–Kier alpha value is -2.44. The molecule has 0 spiro atoms. The lowest BCUT2D eigenvalue weighted by atomic mass is 10.1. The van der Waals surface area contributed by atoms with Crippen LogP contribution < -0.4 is 4.74 Å². The lowest BCUT2D eigenvalue weighted by Gasteiger charge is -2.36. The molecule has 6 nitrogen and oxygen atoms in total. The largest absolute Gasteiger partial charge is 0.497 e. The Morgan fingerprint density at radius 3 is 2.73 bits per heavy atom. The third-order valence-electron chi connectivity index (χ3n) is 5.08. The van der Waals surface area contributed by atoms with Crippen molar-refractivity contribution in [2.24, 2.45) is 0 Å². The number of carbonyl (C=O) groups excluding carboxylic acids is 1. The standard InChI is InChI=1S/C20H23N3O3/c1-25-17-7-5-15(6-8-17)10-23-18-12-22(11-16-4-2-3-9-21-16)13-19(18)26-14-20(23)24/h2-9,18-19H,10-14H2,1H3/t18-,19+/m1/s1. The van der Waals surface area contributed by atoms with Crippen LogP contribution in [0.1, 0.15) is 11.3 Å². The van der Waals surface area contributed by atoms with E-state index in [0.717, 1.165) is 36.6 Å². The predicted molar refractivity (Wildman–Crippen MR) is 96.6 cm³/mol. The lowest BCUT2D eigenvalue weighted by molar-refractivity contribution is -0.153. The maximum atomic E-state index is 12.5. The van der Waals surface area contributed by atoms with Crippen LogP contribution in [-0.2, 0) is 22.6 Å². The molecule has 26 heavy (non-hydrogen) atoms. The number of fused-ring (bicyclic) bond motifs is 1. The number of pyridine rings is 1. The monoisotopic (exact) mass is 353 g/mol. The van der Waals surface area contributed by atoms with Crippen molar-refractivity contribution < 1.29 is 14.3 Å². The number of hydrogen-bond donors (Lipinski definition) is 0. The maximum absolute atomic E-state index is 12.5. The Kier molecular flexibility index (Phi) is 4.86. The normalized spacial score (nSPS) is 23.1. The van der Waals surface area contributed by atoms with Gasteiger partial charge in [-0.05, 0) is 29.8 Å². The van der Waals surface area contributed by atoms with Crippen LogP contribution in [0.25, 0.3) is 0 Å². The average molecular weight is 353 g/mol. The molecule has 0 aliphatic carbocycles. The summed E-state index contributed by atoms with van der Waals surface area (Å²) in [7, 11) is 1.65. The molecular weight excluding hydrogens is 330 g/mol. The van der Waals surface area contributed by atoms with Gasteiger partial charge in [0.15, 0.2) is 0 Å². The summed E-state index contributed by atoms with van der Waals surface area (Å²) < 4.78 is 11.0. The lowest BCUT2D eigenvalue weighted by Crippen LogP contribution is -2.53. The zero-order valence-corrected chi connectivity index (χ0v) is 14.9. The van der Waals surface area contributed by atoms with Gasteiger partial charge in [0.2, 0.25) is 5.91 Å². The fourth-order valence-corrected chi connectivity index (χ4v) is 3.72. The van der Waals surface area contributed by atoms with E-state index in [1.165, 1.54) is 0 Å². The topological polar surface area (TPSA) is 54.9 Å². The van der Waals surface area contributed by atoms with Crippen molar-refractivity contribution in [3.05, 3.63) is 59.9 Å². The highest BCUT2D eigenvalue weighted by Gasteiger charge is 2.43. The Morgan fingerprint density at radius 1 is 1.15 bits per heavy atom. The molecule has 6 heteroatoms. The fraction of sp³-hybridized carbons (Fsp3) is 0.400. The summed E-state index contributed by atoms with van der Waals surface area (Å²) in [6.07, 6.45) is 1.88. The molecule has 1 aromatic carbocycles. The molecule has 2 aliphatic heterocycles. The number of ether oxygens (including phenoxy) is 2. The first-order valence-electron chi connectivity index (χ1n) is 8.89. The van der Waals surface area contributed by atoms with Gasteiger partial charge in [0.1, 0.15) is 12.4 Å². The molecule has 2 aromatic rings. The van der Waals surface area contributed by atoms with Crippen molar-refractivity contribution in [3.63, 3.8) is 0 Å². The average Bonchev–Trinajstić information content (AvgIpc) is 3.08. The number of likely N-dealkylation sites (tertiary alicyclic amines) is 1. The molecule has 2 fully saturated rings. The summed E-state index contributed by atoms with van der Waals surface area (Å²) in [5, 5.41) is 0. The van der Waals surface area contributed by atoms with E-state index >= 15 is 0 Å². The minimum atomic E-state index is 0.0572. The smallest absolute Gasteiger partial charge is 0.249 e. The number of methoxy groups -OCH3 is 1. The molecule has 0 saturated carbocycles. The molecule has 0 unspecified atom stereocenters. The van der Waals surface area contributed by atoms with Crippen LogP contribution in [-0.4, -0.2) is 59.6 Å². The van der Waals surface area contributed by atoms with Gasteiger partial charge in [-0.25, -0.2) is 0 Å². The van der Waals surface area contributed by atoms with E-state index in [1.807, 2.05) is 53.6 Å². The maximum Gasteiger partial charge on any atom is 0.249 e. The molecule has 0 N–H and O–H groups in total. The number of rotatable bonds is 5. The van der Waals surface area contributed by atoms with E-state index in [0.29, 0.717) is 6.54 Å². The van der Waals surface area contributed by atoms with E-state index in [2.05, 4.69) is 9.88 Å². The van der Waals surface area contributed by atoms with Gasteiger partial charge in [-0.2, -0.15) is 0 Å². The van der Waals surface area contributed by atoms with Crippen molar-refractivity contribution in [2.75, 3.05) is 26.8 Å². The van der Waals surface area contributed by atoms with Crippen molar-refractivity contribution in [1.82, 2.24) is 14.8 Å². The van der Waals surface area contributed by atoms with Gasteiger partial charge in [0.05, 0.1) is 24.9 Å². The van der Waals surface area contributed by atoms with Crippen LogP contribution >= 0.6 is 0 Å². The molecule has 136 valence electrons. The van der Waals surface area contributed by atoms with Gasteiger partial charge in [-0.1, -0.05) is 18.2 Å². The molecule has 3 heterocycles. The third kappa shape index (κ3) is 3.57. The SMILES string of the molecule is COc1ccc(CN2C(=O)CO[C@H]3CN(Cc4ccccn4)C[C@H]32)cc1. The summed E-state index contributed by atoms with van der Waals surface area (Å²) in [6.45, 7) is 3.18. The van der Waals surface area contributed by atoms with Crippen LogP contribution in [0, 0.1) is 0 Å². The first-order chi connectivity index (χ1) is 12.7. The highest BCUT2D eigenvalue weighted by atomic mass is 16.5. The summed E-state index contributed by atoms with van der Waals surface area (Å²) in [4.78, 5) is 21.2. The number of amides is 1. The summed E-state index contributed by atoms with van der Waals surface area (Å²) >= 11 is 0. The van der Waals surface area contributed by atoms with E-state index in [9.17, 15) is 4.79 Å². The molecule has 0 radical (unpaired) electrons. The molecular formula is C20H23N3O3. The van der Waals surface area contributed by atoms with Gasteiger partial charge in [-0.3, -0.25) is 14.7 Å². The third-order valence-corrected chi connectivity index (χ3v) is 5.08. The van der Waals surface area contributed by atoms with Crippen molar-refractivity contribution in [2.45, 2.75) is 25.2 Å². The number of morpholine rings is 1. The van der Waals surface area contributed by atoms with Crippen LogP contribution in [0.2, 0.25) is 0 Å². The molecule has 1 amide bonds. The molecule has 1 aromatic heterocycles. The second kappa shape index (κ2) is 7.43. The van der Waals surface area contributed by atoms with Crippen LogP contribution in [0.5, 0.6) is 5.75 Å². The second-order valence-corrected chi connectivity index (χ2v) is 6.80. The molecule has 0 bridgehead atoms. The van der Waals surface area contributed by atoms with Crippen LogP contribution in [0.4, 0.5) is 0 Å². The highest BCUT2D eigenvalue weighted by Crippen LogP contribution is 2.26. The molecule has 2 saturated heterocycles. The summed E-state index contributed by atoms with van der Waals surface area (Å²) in [5.74, 6) is 0.879. The van der Waals surface area contributed by atoms with Gasteiger partial charge >= 0.3 is 0 Å².